The molecule has 3 nitrogen and oxygen atoms in total. The average molecular weight is 153 g/mol. The Bertz CT molecular complexity index is 165. The smallest absolute Gasteiger partial charge is 0.0950 e. The Morgan fingerprint density at radius 3 is 2.91 bits per heavy atom. The Hall–Kier alpha value is -0.960. The second-order valence-electron chi connectivity index (χ2n) is 2.63. The molecule has 0 bridgehead atoms. The van der Waals surface area contributed by atoms with Crippen molar-refractivity contribution in [2.75, 3.05) is 6.67 Å². The van der Waals surface area contributed by atoms with E-state index < -0.39 is 0 Å². The van der Waals surface area contributed by atoms with Gasteiger partial charge in [0.15, 0.2) is 0 Å². The van der Waals surface area contributed by atoms with Crippen molar-refractivity contribution in [3.05, 3.63) is 25.2 Å². The fourth-order valence-corrected chi connectivity index (χ4v) is 1.02. The largest absolute Gasteiger partial charge is 0.343 e. The zero-order valence-corrected chi connectivity index (χ0v) is 6.90. The van der Waals surface area contributed by atoms with Gasteiger partial charge in [-0.25, -0.2) is 0 Å². The lowest BCUT2D eigenvalue weighted by Crippen LogP contribution is -2.38. The number of rotatable bonds is 3. The molecule has 0 aromatic carbocycles. The van der Waals surface area contributed by atoms with Crippen molar-refractivity contribution in [3.8, 4) is 0 Å². The molecule has 1 atom stereocenters. The van der Waals surface area contributed by atoms with Crippen LogP contribution in [0.1, 0.15) is 13.3 Å². The van der Waals surface area contributed by atoms with E-state index in [0.717, 1.165) is 13.1 Å². The molecule has 0 spiro atoms. The molecule has 62 valence electrons. The zero-order valence-electron chi connectivity index (χ0n) is 6.90. The first-order chi connectivity index (χ1) is 5.27. The molecular weight excluding hydrogens is 138 g/mol. The van der Waals surface area contributed by atoms with E-state index in [0.29, 0.717) is 0 Å². The molecule has 0 aromatic rings. The lowest BCUT2D eigenvalue weighted by Gasteiger charge is -2.24. The van der Waals surface area contributed by atoms with Crippen molar-refractivity contribution in [2.45, 2.75) is 19.5 Å². The molecule has 1 unspecified atom stereocenters. The minimum Gasteiger partial charge on any atom is -0.343 e. The molecule has 0 fully saturated rings. The molecular formula is C8H15N3. The van der Waals surface area contributed by atoms with E-state index in [2.05, 4.69) is 18.4 Å². The molecule has 0 aliphatic carbocycles. The molecule has 0 saturated heterocycles. The third-order valence-corrected chi connectivity index (χ3v) is 1.85. The van der Waals surface area contributed by atoms with Crippen LogP contribution in [-0.4, -0.2) is 22.6 Å². The first-order valence-electron chi connectivity index (χ1n) is 3.86. The molecule has 0 aromatic heterocycles. The van der Waals surface area contributed by atoms with Gasteiger partial charge in [-0.15, -0.1) is 0 Å². The standard InChI is InChI=1S/C8H15N3/c1-3-8(9)11-6-5-10(4-2)7-11/h4-6,8H,2-3,7,9H2,1H3. The van der Waals surface area contributed by atoms with Crippen LogP contribution in [0.15, 0.2) is 25.2 Å². The molecule has 0 amide bonds. The van der Waals surface area contributed by atoms with Crippen LogP contribution in [0.2, 0.25) is 0 Å². The van der Waals surface area contributed by atoms with E-state index in [-0.39, 0.29) is 6.17 Å². The lowest BCUT2D eigenvalue weighted by atomic mass is 10.4. The Morgan fingerprint density at radius 1 is 1.73 bits per heavy atom. The summed E-state index contributed by atoms with van der Waals surface area (Å²) >= 11 is 0. The third-order valence-electron chi connectivity index (χ3n) is 1.85. The van der Waals surface area contributed by atoms with Gasteiger partial charge in [0.05, 0.1) is 12.8 Å². The molecule has 11 heavy (non-hydrogen) atoms. The summed E-state index contributed by atoms with van der Waals surface area (Å²) in [6.45, 7) is 6.58. The number of hydrogen-bond acceptors (Lipinski definition) is 3. The maximum absolute atomic E-state index is 5.81. The Balaban J connectivity index is 2.42. The highest BCUT2D eigenvalue weighted by molar-refractivity contribution is 4.96. The molecule has 0 radical (unpaired) electrons. The summed E-state index contributed by atoms with van der Waals surface area (Å²) in [5.41, 5.74) is 5.81. The SMILES string of the molecule is C=CN1C=CN(C(N)CC)C1. The lowest BCUT2D eigenvalue weighted by molar-refractivity contribution is 0.240. The van der Waals surface area contributed by atoms with Crippen LogP contribution < -0.4 is 5.73 Å². The van der Waals surface area contributed by atoms with Gasteiger partial charge in [-0.1, -0.05) is 13.5 Å². The third kappa shape index (κ3) is 1.74. The molecule has 1 rings (SSSR count). The van der Waals surface area contributed by atoms with Crippen LogP contribution in [0.5, 0.6) is 0 Å². The predicted octanol–water partition coefficient (Wildman–Crippen LogP) is 0.871. The summed E-state index contributed by atoms with van der Waals surface area (Å²) in [6.07, 6.45) is 6.86. The van der Waals surface area contributed by atoms with E-state index in [1.54, 1.807) is 6.20 Å². The molecule has 2 N–H and O–H groups in total. The van der Waals surface area contributed by atoms with E-state index in [4.69, 9.17) is 5.73 Å². The first kappa shape index (κ1) is 8.14. The van der Waals surface area contributed by atoms with Gasteiger partial charge in [-0.3, -0.25) is 0 Å². The maximum Gasteiger partial charge on any atom is 0.0950 e. The van der Waals surface area contributed by atoms with Crippen molar-refractivity contribution in [2.24, 2.45) is 5.73 Å². The van der Waals surface area contributed by atoms with Crippen LogP contribution in [-0.2, 0) is 0 Å². The predicted molar refractivity (Wildman–Crippen MR) is 46.1 cm³/mol. The summed E-state index contributed by atoms with van der Waals surface area (Å²) in [5.74, 6) is 0. The molecule has 0 saturated carbocycles. The monoisotopic (exact) mass is 153 g/mol. The van der Waals surface area contributed by atoms with Crippen LogP contribution >= 0.6 is 0 Å². The van der Waals surface area contributed by atoms with Gasteiger partial charge in [0.2, 0.25) is 0 Å². The van der Waals surface area contributed by atoms with Gasteiger partial charge in [0.25, 0.3) is 0 Å². The maximum atomic E-state index is 5.81. The highest BCUT2D eigenvalue weighted by Gasteiger charge is 2.13. The van der Waals surface area contributed by atoms with Gasteiger partial charge in [0, 0.05) is 12.4 Å². The highest BCUT2D eigenvalue weighted by Crippen LogP contribution is 2.09. The average Bonchev–Trinajstić information content (AvgIpc) is 2.50. The molecule has 1 heterocycles. The quantitative estimate of drug-likeness (QED) is 0.653. The Labute approximate surface area is 67.8 Å². The van der Waals surface area contributed by atoms with Crippen molar-refractivity contribution < 1.29 is 0 Å². The zero-order chi connectivity index (χ0) is 8.27. The molecule has 3 heteroatoms. The van der Waals surface area contributed by atoms with Crippen LogP contribution in [0.3, 0.4) is 0 Å². The number of nitrogens with two attached hydrogens (primary N) is 1. The van der Waals surface area contributed by atoms with Crippen molar-refractivity contribution in [1.82, 2.24) is 9.80 Å². The fourth-order valence-electron chi connectivity index (χ4n) is 1.02. The number of nitrogens with zero attached hydrogens (tertiary/aromatic N) is 2. The van der Waals surface area contributed by atoms with Gasteiger partial charge in [0.1, 0.15) is 0 Å². The van der Waals surface area contributed by atoms with Gasteiger partial charge in [-0.05, 0) is 12.6 Å². The molecule has 1 aliphatic heterocycles. The Morgan fingerprint density at radius 2 is 2.45 bits per heavy atom. The van der Waals surface area contributed by atoms with Crippen LogP contribution in [0.4, 0.5) is 0 Å². The second kappa shape index (κ2) is 3.44. The van der Waals surface area contributed by atoms with E-state index in [1.165, 1.54) is 0 Å². The number of hydrogen-bond donors (Lipinski definition) is 1. The van der Waals surface area contributed by atoms with E-state index in [1.807, 2.05) is 17.3 Å². The normalized spacial score (nSPS) is 19.1. The highest BCUT2D eigenvalue weighted by atomic mass is 15.4. The van der Waals surface area contributed by atoms with Gasteiger partial charge >= 0.3 is 0 Å². The summed E-state index contributed by atoms with van der Waals surface area (Å²) in [4.78, 5) is 4.08. The van der Waals surface area contributed by atoms with Crippen molar-refractivity contribution in [3.63, 3.8) is 0 Å². The molecule has 1 aliphatic rings. The topological polar surface area (TPSA) is 32.5 Å². The second-order valence-corrected chi connectivity index (χ2v) is 2.63. The van der Waals surface area contributed by atoms with Gasteiger partial charge in [-0.2, -0.15) is 0 Å². The summed E-state index contributed by atoms with van der Waals surface area (Å²) in [7, 11) is 0. The Kier molecular flexibility index (Phi) is 2.54. The summed E-state index contributed by atoms with van der Waals surface area (Å²) < 4.78 is 0. The van der Waals surface area contributed by atoms with Crippen molar-refractivity contribution in [1.29, 1.82) is 0 Å². The minimum absolute atomic E-state index is 0.135. The van der Waals surface area contributed by atoms with Crippen LogP contribution in [0, 0.1) is 0 Å². The minimum atomic E-state index is 0.135. The first-order valence-corrected chi connectivity index (χ1v) is 3.86. The van der Waals surface area contributed by atoms with E-state index >= 15 is 0 Å². The van der Waals surface area contributed by atoms with E-state index in [9.17, 15) is 0 Å². The van der Waals surface area contributed by atoms with Crippen molar-refractivity contribution >= 4 is 0 Å². The fraction of sp³-hybridized carbons (Fsp3) is 0.500. The van der Waals surface area contributed by atoms with Gasteiger partial charge < -0.3 is 15.5 Å². The summed E-state index contributed by atoms with van der Waals surface area (Å²) in [5, 5.41) is 0. The summed E-state index contributed by atoms with van der Waals surface area (Å²) in [6, 6.07) is 0. The van der Waals surface area contributed by atoms with Crippen LogP contribution in [0.25, 0.3) is 0 Å².